The summed E-state index contributed by atoms with van der Waals surface area (Å²) in [4.78, 5) is 4.96. The van der Waals surface area contributed by atoms with E-state index in [1.165, 1.54) is 5.56 Å². The average molecular weight is 475 g/mol. The highest BCUT2D eigenvalue weighted by Crippen LogP contribution is 2.42. The number of hydrogen-bond acceptors (Lipinski definition) is 6. The summed E-state index contributed by atoms with van der Waals surface area (Å²) in [5, 5.41) is 18.6. The third kappa shape index (κ3) is 4.52. The second kappa shape index (κ2) is 9.03. The molecule has 0 aliphatic heterocycles. The Morgan fingerprint density at radius 2 is 1.80 bits per heavy atom. The smallest absolute Gasteiger partial charge is 0.187 e. The fourth-order valence-corrected chi connectivity index (χ4v) is 4.43. The normalized spacial score (nSPS) is 15.0. The van der Waals surface area contributed by atoms with E-state index in [2.05, 4.69) is 67.4 Å². The van der Waals surface area contributed by atoms with Gasteiger partial charge in [-0.2, -0.15) is 9.78 Å². The van der Waals surface area contributed by atoms with Crippen molar-refractivity contribution in [2.45, 2.75) is 64.9 Å². The van der Waals surface area contributed by atoms with E-state index in [4.69, 9.17) is 14.8 Å². The largest absolute Gasteiger partial charge is 0.373 e. The maximum absolute atomic E-state index is 5.79. The van der Waals surface area contributed by atoms with Gasteiger partial charge in [0.2, 0.25) is 0 Å². The number of hydrogen-bond donors (Lipinski definition) is 0. The summed E-state index contributed by atoms with van der Waals surface area (Å²) in [6.45, 7) is 8.81. The fraction of sp³-hybridized carbons (Fsp3) is 0.500. The van der Waals surface area contributed by atoms with Gasteiger partial charge in [-0.25, -0.2) is 9.67 Å². The predicted molar refractivity (Wildman–Crippen MR) is 134 cm³/mol. The Bertz CT molecular complexity index is 1300. The van der Waals surface area contributed by atoms with Crippen LogP contribution in [-0.4, -0.2) is 46.6 Å². The first kappa shape index (κ1) is 23.4. The molecular formula is C26H34N8O. The summed E-state index contributed by atoms with van der Waals surface area (Å²) < 4.78 is 11.3. The molecular weight excluding hydrogens is 440 g/mol. The summed E-state index contributed by atoms with van der Waals surface area (Å²) in [5.41, 5.74) is 4.09. The molecule has 3 aromatic heterocycles. The molecule has 9 heteroatoms. The van der Waals surface area contributed by atoms with E-state index in [1.807, 2.05) is 24.0 Å². The van der Waals surface area contributed by atoms with Crippen molar-refractivity contribution in [1.82, 2.24) is 39.5 Å². The standard InChI is InChI=1S/C26H34N8O/c1-7-8-20-22(28-31-33(20)19-13-11-18(12-14-19)26(2,3)4)25-27-24(23(35-6)17-9-10-17)30-34(25)21-15-16-32(5)29-21/h11-17,23H,7-10H2,1-6H3. The van der Waals surface area contributed by atoms with Crippen LogP contribution in [0.3, 0.4) is 0 Å². The highest BCUT2D eigenvalue weighted by molar-refractivity contribution is 5.57. The molecule has 1 saturated carbocycles. The molecule has 0 N–H and O–H groups in total. The average Bonchev–Trinajstić information content (AvgIpc) is 3.22. The lowest BCUT2D eigenvalue weighted by Crippen LogP contribution is -2.11. The molecule has 4 aromatic rings. The third-order valence-electron chi connectivity index (χ3n) is 6.54. The summed E-state index contributed by atoms with van der Waals surface area (Å²) >= 11 is 0. The zero-order chi connectivity index (χ0) is 24.7. The monoisotopic (exact) mass is 474 g/mol. The van der Waals surface area contributed by atoms with Crippen LogP contribution in [0.4, 0.5) is 0 Å². The van der Waals surface area contributed by atoms with Gasteiger partial charge in [-0.1, -0.05) is 51.5 Å². The summed E-state index contributed by atoms with van der Waals surface area (Å²) in [6, 6.07) is 10.5. The van der Waals surface area contributed by atoms with Crippen molar-refractivity contribution in [1.29, 1.82) is 0 Å². The molecule has 0 bridgehead atoms. The molecule has 0 radical (unpaired) electrons. The number of aryl methyl sites for hydroxylation is 1. The van der Waals surface area contributed by atoms with Crippen molar-refractivity contribution >= 4 is 0 Å². The van der Waals surface area contributed by atoms with E-state index in [1.54, 1.807) is 16.5 Å². The Balaban J connectivity index is 1.62. The van der Waals surface area contributed by atoms with Gasteiger partial charge in [0.05, 0.1) is 11.4 Å². The van der Waals surface area contributed by atoms with E-state index >= 15 is 0 Å². The number of methoxy groups -OCH3 is 1. The van der Waals surface area contributed by atoms with Crippen LogP contribution in [0.2, 0.25) is 0 Å². The van der Waals surface area contributed by atoms with Gasteiger partial charge in [-0.3, -0.25) is 4.68 Å². The molecule has 9 nitrogen and oxygen atoms in total. The van der Waals surface area contributed by atoms with E-state index in [-0.39, 0.29) is 11.5 Å². The molecule has 3 heterocycles. The third-order valence-corrected chi connectivity index (χ3v) is 6.54. The molecule has 1 unspecified atom stereocenters. The summed E-state index contributed by atoms with van der Waals surface area (Å²) in [7, 11) is 3.62. The minimum atomic E-state index is -0.131. The van der Waals surface area contributed by atoms with Gasteiger partial charge in [-0.05, 0) is 48.3 Å². The van der Waals surface area contributed by atoms with Crippen LogP contribution < -0.4 is 0 Å². The highest BCUT2D eigenvalue weighted by Gasteiger charge is 2.36. The Kier molecular flexibility index (Phi) is 6.04. The molecule has 0 amide bonds. The van der Waals surface area contributed by atoms with Gasteiger partial charge < -0.3 is 4.74 Å². The van der Waals surface area contributed by atoms with Crippen molar-refractivity contribution < 1.29 is 4.74 Å². The molecule has 1 aliphatic rings. The first-order chi connectivity index (χ1) is 16.8. The predicted octanol–water partition coefficient (Wildman–Crippen LogP) is 4.60. The quantitative estimate of drug-likeness (QED) is 0.371. The minimum Gasteiger partial charge on any atom is -0.373 e. The zero-order valence-electron chi connectivity index (χ0n) is 21.4. The number of aromatic nitrogens is 8. The first-order valence-electron chi connectivity index (χ1n) is 12.4. The maximum atomic E-state index is 5.79. The number of nitrogens with zero attached hydrogens (tertiary/aromatic N) is 8. The molecule has 0 spiro atoms. The van der Waals surface area contributed by atoms with Gasteiger partial charge in [-0.15, -0.1) is 10.2 Å². The Hall–Kier alpha value is -3.33. The molecule has 1 fully saturated rings. The van der Waals surface area contributed by atoms with Crippen LogP contribution in [0.25, 0.3) is 23.0 Å². The van der Waals surface area contributed by atoms with Gasteiger partial charge in [0.15, 0.2) is 23.2 Å². The molecule has 1 aliphatic carbocycles. The Morgan fingerprint density at radius 1 is 1.06 bits per heavy atom. The van der Waals surface area contributed by atoms with E-state index in [9.17, 15) is 0 Å². The van der Waals surface area contributed by atoms with Crippen molar-refractivity contribution in [2.75, 3.05) is 7.11 Å². The van der Waals surface area contributed by atoms with E-state index < -0.39 is 0 Å². The van der Waals surface area contributed by atoms with E-state index in [0.29, 0.717) is 23.4 Å². The number of benzene rings is 1. The lowest BCUT2D eigenvalue weighted by Gasteiger charge is -2.19. The zero-order valence-corrected chi connectivity index (χ0v) is 21.4. The fourth-order valence-electron chi connectivity index (χ4n) is 4.43. The second-order valence-corrected chi connectivity index (χ2v) is 10.4. The summed E-state index contributed by atoms with van der Waals surface area (Å²) in [5.74, 6) is 2.46. The lowest BCUT2D eigenvalue weighted by molar-refractivity contribution is 0.0773. The van der Waals surface area contributed by atoms with Crippen molar-refractivity contribution in [3.05, 3.63) is 53.6 Å². The molecule has 1 atom stereocenters. The summed E-state index contributed by atoms with van der Waals surface area (Å²) in [6.07, 6.45) is 5.79. The van der Waals surface area contributed by atoms with Crippen LogP contribution in [0, 0.1) is 5.92 Å². The van der Waals surface area contributed by atoms with Crippen LogP contribution >= 0.6 is 0 Å². The van der Waals surface area contributed by atoms with Gasteiger partial charge in [0.1, 0.15) is 6.10 Å². The van der Waals surface area contributed by atoms with Crippen LogP contribution in [0.15, 0.2) is 36.5 Å². The highest BCUT2D eigenvalue weighted by atomic mass is 16.5. The van der Waals surface area contributed by atoms with Crippen molar-refractivity contribution in [3.63, 3.8) is 0 Å². The van der Waals surface area contributed by atoms with Crippen LogP contribution in [0.1, 0.15) is 70.1 Å². The molecule has 1 aromatic carbocycles. The van der Waals surface area contributed by atoms with Crippen molar-refractivity contribution in [3.8, 4) is 23.0 Å². The van der Waals surface area contributed by atoms with Gasteiger partial charge >= 0.3 is 0 Å². The topological polar surface area (TPSA) is 88.5 Å². The van der Waals surface area contributed by atoms with E-state index in [0.717, 1.165) is 42.8 Å². The Labute approximate surface area is 206 Å². The second-order valence-electron chi connectivity index (χ2n) is 10.4. The van der Waals surface area contributed by atoms with Gasteiger partial charge in [0.25, 0.3) is 0 Å². The minimum absolute atomic E-state index is 0.0905. The van der Waals surface area contributed by atoms with Crippen LogP contribution in [0.5, 0.6) is 0 Å². The molecule has 184 valence electrons. The maximum Gasteiger partial charge on any atom is 0.187 e. The molecule has 35 heavy (non-hydrogen) atoms. The Morgan fingerprint density at radius 3 is 2.37 bits per heavy atom. The molecule has 0 saturated heterocycles. The van der Waals surface area contributed by atoms with Crippen LogP contribution in [-0.2, 0) is 23.6 Å². The number of rotatable bonds is 8. The number of ether oxygens (including phenoxy) is 1. The van der Waals surface area contributed by atoms with Gasteiger partial charge in [0, 0.05) is 26.4 Å². The lowest BCUT2D eigenvalue weighted by atomic mass is 9.87. The first-order valence-corrected chi connectivity index (χ1v) is 12.4. The van der Waals surface area contributed by atoms with Crippen molar-refractivity contribution in [2.24, 2.45) is 13.0 Å². The molecule has 5 rings (SSSR count). The SMILES string of the molecule is CCCc1c(-c2nc(C(OC)C3CC3)nn2-c2ccn(C)n2)nnn1-c1ccc(C(C)(C)C)cc1.